The van der Waals surface area contributed by atoms with Gasteiger partial charge in [-0.25, -0.2) is 13.4 Å². The van der Waals surface area contributed by atoms with Crippen molar-refractivity contribution in [3.8, 4) is 11.8 Å². The van der Waals surface area contributed by atoms with Crippen LogP contribution in [0.1, 0.15) is 24.8 Å². The first-order valence-corrected chi connectivity index (χ1v) is 7.80. The summed E-state index contributed by atoms with van der Waals surface area (Å²) in [5, 5.41) is 8.63. The molecule has 1 aromatic heterocycles. The third kappa shape index (κ3) is 4.89. The lowest BCUT2D eigenvalue weighted by Gasteiger charge is -2.06. The van der Waals surface area contributed by atoms with E-state index < -0.39 is 10.0 Å². The molecule has 1 heterocycles. The number of nitrogens with one attached hydrogen (secondary N) is 1. The van der Waals surface area contributed by atoms with E-state index in [0.717, 1.165) is 12.8 Å². The van der Waals surface area contributed by atoms with Gasteiger partial charge in [-0.05, 0) is 30.9 Å². The van der Waals surface area contributed by atoms with Crippen LogP contribution in [0.3, 0.4) is 0 Å². The molecule has 6 heteroatoms. The molecule has 1 fully saturated rings. The quantitative estimate of drug-likeness (QED) is 0.788. The van der Waals surface area contributed by atoms with Gasteiger partial charge < -0.3 is 5.11 Å². The fourth-order valence-corrected chi connectivity index (χ4v) is 3.05. The summed E-state index contributed by atoms with van der Waals surface area (Å²) in [5.74, 6) is 6.37. The molecular formula is C13H16N2O3S. The smallest absolute Gasteiger partial charge is 0.234 e. The van der Waals surface area contributed by atoms with Crippen molar-refractivity contribution in [2.45, 2.75) is 19.3 Å². The highest BCUT2D eigenvalue weighted by Crippen LogP contribution is 2.30. The molecular weight excluding hydrogens is 264 g/mol. The Morgan fingerprint density at radius 3 is 2.95 bits per heavy atom. The summed E-state index contributed by atoms with van der Waals surface area (Å²) >= 11 is 0. The Morgan fingerprint density at radius 2 is 2.26 bits per heavy atom. The molecule has 0 saturated heterocycles. The summed E-state index contributed by atoms with van der Waals surface area (Å²) in [5.41, 5.74) is 0.674. The van der Waals surface area contributed by atoms with E-state index in [0.29, 0.717) is 17.9 Å². The zero-order valence-corrected chi connectivity index (χ0v) is 11.3. The van der Waals surface area contributed by atoms with Crippen LogP contribution in [0.2, 0.25) is 0 Å². The van der Waals surface area contributed by atoms with Crippen LogP contribution in [-0.2, 0) is 10.0 Å². The number of aliphatic hydroxyl groups is 1. The zero-order valence-electron chi connectivity index (χ0n) is 10.5. The maximum Gasteiger partial charge on any atom is 0.234 e. The Bertz CT molecular complexity index is 598. The molecule has 5 nitrogen and oxygen atoms in total. The van der Waals surface area contributed by atoms with Crippen molar-refractivity contribution in [2.75, 3.05) is 17.1 Å². The molecule has 1 aliphatic carbocycles. The molecule has 0 aliphatic heterocycles. The van der Waals surface area contributed by atoms with Crippen molar-refractivity contribution in [1.82, 2.24) is 4.98 Å². The first kappa shape index (κ1) is 13.8. The number of hydrogen-bond donors (Lipinski definition) is 2. The number of hydrogen-bond acceptors (Lipinski definition) is 4. The molecule has 1 aliphatic rings. The van der Waals surface area contributed by atoms with Crippen LogP contribution in [0.25, 0.3) is 0 Å². The predicted molar refractivity (Wildman–Crippen MR) is 73.0 cm³/mol. The molecule has 2 rings (SSSR count). The predicted octanol–water partition coefficient (Wildman–Crippen LogP) is 0.967. The van der Waals surface area contributed by atoms with E-state index in [9.17, 15) is 8.42 Å². The first-order valence-electron chi connectivity index (χ1n) is 6.15. The van der Waals surface area contributed by atoms with Crippen molar-refractivity contribution >= 4 is 15.8 Å². The number of rotatable bonds is 5. The average Bonchev–Trinajstić information content (AvgIpc) is 3.12. The van der Waals surface area contributed by atoms with Gasteiger partial charge in [-0.1, -0.05) is 11.8 Å². The second-order valence-electron chi connectivity index (χ2n) is 4.53. The van der Waals surface area contributed by atoms with E-state index >= 15 is 0 Å². The van der Waals surface area contributed by atoms with Gasteiger partial charge in [0.1, 0.15) is 5.82 Å². The van der Waals surface area contributed by atoms with Gasteiger partial charge in [0.05, 0.1) is 12.4 Å². The van der Waals surface area contributed by atoms with E-state index in [4.69, 9.17) is 5.11 Å². The normalized spacial score (nSPS) is 14.6. The van der Waals surface area contributed by atoms with Gasteiger partial charge in [0.25, 0.3) is 0 Å². The molecule has 0 atom stereocenters. The molecule has 0 spiro atoms. The summed E-state index contributed by atoms with van der Waals surface area (Å²) in [6, 6.07) is 3.29. The summed E-state index contributed by atoms with van der Waals surface area (Å²) in [7, 11) is -3.31. The molecule has 0 unspecified atom stereocenters. The van der Waals surface area contributed by atoms with Crippen LogP contribution in [0.15, 0.2) is 18.3 Å². The number of aromatic nitrogens is 1. The minimum Gasteiger partial charge on any atom is -0.395 e. The number of anilines is 1. The second-order valence-corrected chi connectivity index (χ2v) is 6.30. The Kier molecular flexibility index (Phi) is 4.40. The fourth-order valence-electron chi connectivity index (χ4n) is 1.58. The molecule has 0 aromatic carbocycles. The van der Waals surface area contributed by atoms with Crippen molar-refractivity contribution < 1.29 is 13.5 Å². The first-order chi connectivity index (χ1) is 9.09. The van der Waals surface area contributed by atoms with Crippen molar-refractivity contribution in [3.05, 3.63) is 23.9 Å². The van der Waals surface area contributed by atoms with Crippen LogP contribution in [0.5, 0.6) is 0 Å². The lowest BCUT2D eigenvalue weighted by molar-refractivity contribution is 0.305. The van der Waals surface area contributed by atoms with E-state index in [1.165, 1.54) is 6.20 Å². The molecule has 0 amide bonds. The Labute approximate surface area is 113 Å². The van der Waals surface area contributed by atoms with Gasteiger partial charge in [-0.15, -0.1) is 0 Å². The zero-order chi connectivity index (χ0) is 13.7. The summed E-state index contributed by atoms with van der Waals surface area (Å²) in [6.07, 6.45) is 3.88. The highest BCUT2D eigenvalue weighted by molar-refractivity contribution is 7.92. The molecule has 102 valence electrons. The standard InChI is InChI=1S/C13H16N2O3S/c16-8-2-1-3-11-6-7-14-13(9-11)15-19(17,18)10-12-4-5-12/h6-7,9,12,16H,2,4-5,8,10H2,(H,14,15). The summed E-state index contributed by atoms with van der Waals surface area (Å²) in [4.78, 5) is 3.97. The number of aliphatic hydroxyl groups excluding tert-OH is 1. The fraction of sp³-hybridized carbons (Fsp3) is 0.462. The number of nitrogens with zero attached hydrogens (tertiary/aromatic N) is 1. The minimum atomic E-state index is -3.31. The van der Waals surface area contributed by atoms with Gasteiger partial charge in [-0.3, -0.25) is 4.72 Å². The van der Waals surface area contributed by atoms with E-state index in [1.54, 1.807) is 12.1 Å². The molecule has 0 bridgehead atoms. The topological polar surface area (TPSA) is 79.3 Å². The van der Waals surface area contributed by atoms with E-state index in [2.05, 4.69) is 21.5 Å². The van der Waals surface area contributed by atoms with Crippen molar-refractivity contribution in [3.63, 3.8) is 0 Å². The Morgan fingerprint density at radius 1 is 1.47 bits per heavy atom. The molecule has 2 N–H and O–H groups in total. The maximum atomic E-state index is 11.8. The van der Waals surface area contributed by atoms with Crippen LogP contribution in [0.4, 0.5) is 5.82 Å². The van der Waals surface area contributed by atoms with Crippen LogP contribution in [0, 0.1) is 17.8 Å². The summed E-state index contributed by atoms with van der Waals surface area (Å²) < 4.78 is 26.1. The molecule has 1 aromatic rings. The maximum absolute atomic E-state index is 11.8. The number of sulfonamides is 1. The lowest BCUT2D eigenvalue weighted by atomic mass is 10.2. The molecule has 19 heavy (non-hydrogen) atoms. The van der Waals surface area contributed by atoms with Gasteiger partial charge >= 0.3 is 0 Å². The molecule has 1 saturated carbocycles. The lowest BCUT2D eigenvalue weighted by Crippen LogP contribution is -2.18. The van der Waals surface area contributed by atoms with Gasteiger partial charge in [-0.2, -0.15) is 0 Å². The van der Waals surface area contributed by atoms with E-state index in [1.807, 2.05) is 0 Å². The Hall–Kier alpha value is -1.58. The highest BCUT2D eigenvalue weighted by Gasteiger charge is 2.28. The van der Waals surface area contributed by atoms with E-state index in [-0.39, 0.29) is 18.2 Å². The Balaban J connectivity index is 2.04. The van der Waals surface area contributed by atoms with Gasteiger partial charge in [0.2, 0.25) is 10.0 Å². The van der Waals surface area contributed by atoms with Crippen molar-refractivity contribution in [2.24, 2.45) is 5.92 Å². The van der Waals surface area contributed by atoms with Gasteiger partial charge in [0, 0.05) is 18.2 Å². The second kappa shape index (κ2) is 6.04. The highest BCUT2D eigenvalue weighted by atomic mass is 32.2. The summed E-state index contributed by atoms with van der Waals surface area (Å²) in [6.45, 7) is 0.0129. The van der Waals surface area contributed by atoms with Gasteiger partial charge in [0.15, 0.2) is 0 Å². The number of pyridine rings is 1. The molecule has 0 radical (unpaired) electrons. The largest absolute Gasteiger partial charge is 0.395 e. The third-order valence-electron chi connectivity index (χ3n) is 2.64. The monoisotopic (exact) mass is 280 g/mol. The third-order valence-corrected chi connectivity index (χ3v) is 4.07. The van der Waals surface area contributed by atoms with Crippen LogP contribution < -0.4 is 4.72 Å². The van der Waals surface area contributed by atoms with Crippen molar-refractivity contribution in [1.29, 1.82) is 0 Å². The van der Waals surface area contributed by atoms with Crippen LogP contribution in [-0.4, -0.2) is 30.9 Å². The minimum absolute atomic E-state index is 0.0129. The SMILES string of the molecule is O=S(=O)(CC1CC1)Nc1cc(C#CCCO)ccn1. The average molecular weight is 280 g/mol. The van der Waals surface area contributed by atoms with Crippen LogP contribution >= 0.6 is 0 Å².